The molecule has 41 heavy (non-hydrogen) atoms. The van der Waals surface area contributed by atoms with E-state index in [0.717, 1.165) is 46.9 Å². The first kappa shape index (κ1) is 33.1. The largest absolute Gasteiger partial charge is 0.508 e. The summed E-state index contributed by atoms with van der Waals surface area (Å²) in [5.74, 6) is -2.19. The van der Waals surface area contributed by atoms with Gasteiger partial charge in [0.05, 0.1) is 13.1 Å². The fraction of sp³-hybridized carbons (Fsp3) is 0.552. The third-order valence-electron chi connectivity index (χ3n) is 6.51. The first-order valence-electron chi connectivity index (χ1n) is 14.1. The van der Waals surface area contributed by atoms with E-state index in [1.54, 1.807) is 0 Å². The maximum Gasteiger partial charge on any atom is 0.508 e. The van der Waals surface area contributed by atoms with Gasteiger partial charge in [0.2, 0.25) is 0 Å². The van der Waals surface area contributed by atoms with Crippen molar-refractivity contribution in [3.63, 3.8) is 0 Å². The third-order valence-corrected chi connectivity index (χ3v) is 6.51. The van der Waals surface area contributed by atoms with Gasteiger partial charge in [0.25, 0.3) is 35.4 Å². The minimum atomic E-state index is -1.01. The van der Waals surface area contributed by atoms with Gasteiger partial charge in [-0.2, -0.15) is 0 Å². The summed E-state index contributed by atoms with van der Waals surface area (Å²) in [6.45, 7) is 2.26. The van der Waals surface area contributed by atoms with Gasteiger partial charge < -0.3 is 9.47 Å². The van der Waals surface area contributed by atoms with Crippen molar-refractivity contribution in [2.24, 2.45) is 0 Å². The van der Waals surface area contributed by atoms with Crippen molar-refractivity contribution in [2.45, 2.75) is 71.1 Å². The second-order valence-corrected chi connectivity index (χ2v) is 9.61. The van der Waals surface area contributed by atoms with Crippen LogP contribution < -0.4 is 0 Å². The molecule has 0 atom stereocenters. The van der Waals surface area contributed by atoms with E-state index >= 15 is 0 Å². The number of rotatable bonds is 17. The first-order chi connectivity index (χ1) is 19.7. The molecule has 0 saturated heterocycles. The molecule has 0 radical (unpaired) electrons. The fourth-order valence-corrected chi connectivity index (χ4v) is 4.19. The number of nitrogens with zero attached hydrogens (tertiary/aromatic N) is 3. The van der Waals surface area contributed by atoms with Gasteiger partial charge in [0.15, 0.2) is 0 Å². The summed E-state index contributed by atoms with van der Waals surface area (Å²) >= 11 is 0. The maximum atomic E-state index is 11.3. The number of imide groups is 3. The summed E-state index contributed by atoms with van der Waals surface area (Å²) < 4.78 is 9.36. The lowest BCUT2D eigenvalue weighted by Gasteiger charge is -2.15. The van der Waals surface area contributed by atoms with E-state index in [1.165, 1.54) is 68.4 Å². The Morgan fingerprint density at radius 1 is 0.488 bits per heavy atom. The molecule has 0 aromatic heterocycles. The highest BCUT2D eigenvalue weighted by atomic mass is 16.7. The highest BCUT2D eigenvalue weighted by Gasteiger charge is 2.25. The molecule has 12 heteroatoms. The zero-order chi connectivity index (χ0) is 30.0. The van der Waals surface area contributed by atoms with E-state index in [-0.39, 0.29) is 38.1 Å². The summed E-state index contributed by atoms with van der Waals surface area (Å²) in [4.78, 5) is 81.9. The Kier molecular flexibility index (Phi) is 14.8. The van der Waals surface area contributed by atoms with Crippen LogP contribution in [0.4, 0.5) is 4.79 Å². The van der Waals surface area contributed by atoms with Crippen molar-refractivity contribution in [1.82, 2.24) is 14.7 Å². The maximum absolute atomic E-state index is 11.3. The van der Waals surface area contributed by atoms with Crippen molar-refractivity contribution in [3.05, 3.63) is 36.5 Å². The molecule has 3 aliphatic rings. The molecule has 0 aromatic carbocycles. The van der Waals surface area contributed by atoms with Gasteiger partial charge in [0, 0.05) is 43.0 Å². The summed E-state index contributed by atoms with van der Waals surface area (Å²) in [6.07, 6.45) is 18.9. The Labute approximate surface area is 240 Å². The fourth-order valence-electron chi connectivity index (χ4n) is 4.19. The lowest BCUT2D eigenvalue weighted by atomic mass is 10.1. The standard InChI is InChI=1S/C16H27NO2.C13H12N2O7/c1-2-3-4-5-6-7-8-9-10-11-14-17-15(18)12-13-16(17)19;16-9-1-2-10(17)14(9)5-7-21-13(20)22-8-6-15-11(18)3-4-12(15)19/h12-13H,2-11,14H2,1H3;1-4H,5-8H2. The Morgan fingerprint density at radius 3 is 1.12 bits per heavy atom. The molecule has 12 nitrogen and oxygen atoms in total. The molecule has 3 aliphatic heterocycles. The Balaban J connectivity index is 0.000000290. The van der Waals surface area contributed by atoms with Gasteiger partial charge in [-0.15, -0.1) is 0 Å². The monoisotopic (exact) mass is 573 g/mol. The first-order valence-corrected chi connectivity index (χ1v) is 14.1. The molecule has 0 bridgehead atoms. The number of carbonyl (C=O) groups is 7. The van der Waals surface area contributed by atoms with Crippen LogP contribution in [-0.4, -0.2) is 89.1 Å². The summed E-state index contributed by atoms with van der Waals surface area (Å²) in [7, 11) is 0. The average molecular weight is 574 g/mol. The molecule has 3 heterocycles. The zero-order valence-corrected chi connectivity index (χ0v) is 23.6. The molecule has 0 spiro atoms. The SMILES string of the molecule is CCCCCCCCCCCCN1C(=O)C=CC1=O.O=C(OCCN1C(=O)C=CC1=O)OCCN1C(=O)C=CC1=O. The number of hydrogen-bond acceptors (Lipinski definition) is 9. The Hall–Kier alpha value is -4.09. The predicted molar refractivity (Wildman–Crippen MR) is 147 cm³/mol. The molecule has 0 aromatic rings. The van der Waals surface area contributed by atoms with Gasteiger partial charge in [-0.1, -0.05) is 64.7 Å². The molecule has 224 valence electrons. The lowest BCUT2D eigenvalue weighted by Crippen LogP contribution is -2.35. The molecule has 0 fully saturated rings. The van der Waals surface area contributed by atoms with E-state index in [1.807, 2.05) is 0 Å². The second kappa shape index (κ2) is 18.3. The van der Waals surface area contributed by atoms with Crippen molar-refractivity contribution in [2.75, 3.05) is 32.8 Å². The number of hydrogen-bond donors (Lipinski definition) is 0. The van der Waals surface area contributed by atoms with Crippen LogP contribution in [0.3, 0.4) is 0 Å². The lowest BCUT2D eigenvalue weighted by molar-refractivity contribution is -0.138. The van der Waals surface area contributed by atoms with Crippen LogP contribution >= 0.6 is 0 Å². The number of unbranched alkanes of at least 4 members (excludes halogenated alkanes) is 9. The summed E-state index contributed by atoms with van der Waals surface area (Å²) in [5.41, 5.74) is 0. The summed E-state index contributed by atoms with van der Waals surface area (Å²) in [5, 5.41) is 0. The van der Waals surface area contributed by atoms with E-state index in [2.05, 4.69) is 16.4 Å². The molecule has 0 N–H and O–H groups in total. The predicted octanol–water partition coefficient (Wildman–Crippen LogP) is 2.82. The van der Waals surface area contributed by atoms with E-state index in [0.29, 0.717) is 6.54 Å². The number of ether oxygens (including phenoxy) is 2. The molecular formula is C29H39N3O9. The van der Waals surface area contributed by atoms with Gasteiger partial charge in [-0.05, 0) is 6.42 Å². The highest BCUT2D eigenvalue weighted by molar-refractivity contribution is 6.14. The van der Waals surface area contributed by atoms with Crippen LogP contribution in [0.1, 0.15) is 71.1 Å². The van der Waals surface area contributed by atoms with Crippen molar-refractivity contribution >= 4 is 41.6 Å². The van der Waals surface area contributed by atoms with Crippen LogP contribution in [0.5, 0.6) is 0 Å². The van der Waals surface area contributed by atoms with Gasteiger partial charge in [-0.25, -0.2) is 4.79 Å². The van der Waals surface area contributed by atoms with Crippen LogP contribution in [0.15, 0.2) is 36.5 Å². The van der Waals surface area contributed by atoms with Crippen molar-refractivity contribution in [3.8, 4) is 0 Å². The molecule has 6 amide bonds. The van der Waals surface area contributed by atoms with Crippen molar-refractivity contribution in [1.29, 1.82) is 0 Å². The Morgan fingerprint density at radius 2 is 0.780 bits per heavy atom. The topological polar surface area (TPSA) is 148 Å². The van der Waals surface area contributed by atoms with E-state index in [4.69, 9.17) is 0 Å². The normalized spacial score (nSPS) is 15.9. The highest BCUT2D eigenvalue weighted by Crippen LogP contribution is 2.12. The van der Waals surface area contributed by atoms with Crippen LogP contribution in [0.25, 0.3) is 0 Å². The quantitative estimate of drug-likeness (QED) is 0.145. The smallest absolute Gasteiger partial charge is 0.432 e. The minimum absolute atomic E-state index is 0.0766. The zero-order valence-electron chi connectivity index (χ0n) is 23.6. The second-order valence-electron chi connectivity index (χ2n) is 9.61. The summed E-state index contributed by atoms with van der Waals surface area (Å²) in [6, 6.07) is 0. The molecule has 3 rings (SSSR count). The van der Waals surface area contributed by atoms with E-state index in [9.17, 15) is 33.6 Å². The number of carbonyl (C=O) groups excluding carboxylic acids is 7. The molecule has 0 saturated carbocycles. The minimum Gasteiger partial charge on any atom is -0.432 e. The van der Waals surface area contributed by atoms with Crippen molar-refractivity contribution < 1.29 is 43.0 Å². The molecular weight excluding hydrogens is 534 g/mol. The Bertz CT molecular complexity index is 960. The molecule has 0 aliphatic carbocycles. The van der Waals surface area contributed by atoms with Gasteiger partial charge >= 0.3 is 6.16 Å². The van der Waals surface area contributed by atoms with Gasteiger partial charge in [-0.3, -0.25) is 43.5 Å². The van der Waals surface area contributed by atoms with E-state index < -0.39 is 29.8 Å². The average Bonchev–Trinajstić information content (AvgIpc) is 3.57. The number of amides is 6. The van der Waals surface area contributed by atoms with Gasteiger partial charge in [0.1, 0.15) is 13.2 Å². The van der Waals surface area contributed by atoms with Crippen LogP contribution in [0, 0.1) is 0 Å². The van der Waals surface area contributed by atoms with Crippen LogP contribution in [0.2, 0.25) is 0 Å². The molecule has 0 unspecified atom stereocenters. The third kappa shape index (κ3) is 11.9. The van der Waals surface area contributed by atoms with Crippen LogP contribution in [-0.2, 0) is 38.2 Å².